The molecule has 0 saturated heterocycles. The number of carbonyl (C=O) groups is 4. The van der Waals surface area contributed by atoms with Crippen LogP contribution in [0.4, 0.5) is 0 Å². The lowest BCUT2D eigenvalue weighted by Gasteiger charge is -2.25. The molecular formula is C19H18N2O5S. The number of imide groups is 1. The SMILES string of the molecule is C[C@@H](NC(=O)COC(=O)CN1C(=O)Cc2ccccc2C1=O)c1cccs1. The Hall–Kier alpha value is -3.00. The van der Waals surface area contributed by atoms with Crippen molar-refractivity contribution in [1.82, 2.24) is 10.2 Å². The molecule has 1 aromatic heterocycles. The lowest BCUT2D eigenvalue weighted by atomic mass is 9.98. The van der Waals surface area contributed by atoms with Crippen molar-refractivity contribution in [2.45, 2.75) is 19.4 Å². The van der Waals surface area contributed by atoms with Crippen LogP contribution in [-0.4, -0.2) is 41.7 Å². The van der Waals surface area contributed by atoms with Crippen molar-refractivity contribution in [2.75, 3.05) is 13.2 Å². The molecule has 3 amide bonds. The molecule has 0 saturated carbocycles. The molecule has 0 fully saturated rings. The zero-order valence-corrected chi connectivity index (χ0v) is 15.5. The van der Waals surface area contributed by atoms with Crippen LogP contribution in [0.15, 0.2) is 41.8 Å². The molecule has 2 aromatic rings. The Labute approximate surface area is 159 Å². The highest BCUT2D eigenvalue weighted by molar-refractivity contribution is 7.10. The van der Waals surface area contributed by atoms with Crippen LogP contribution in [0, 0.1) is 0 Å². The predicted molar refractivity (Wildman–Crippen MR) is 98.0 cm³/mol. The second-order valence-electron chi connectivity index (χ2n) is 6.08. The standard InChI is InChI=1S/C19H18N2O5S/c1-12(15-7-4-8-27-15)20-16(22)11-26-18(24)10-21-17(23)9-13-5-2-3-6-14(13)19(21)25/h2-8,12H,9-11H2,1H3,(H,20,22)/t12-/m1/s1. The minimum absolute atomic E-state index is 0.0496. The average molecular weight is 386 g/mol. The molecule has 140 valence electrons. The van der Waals surface area contributed by atoms with Gasteiger partial charge in [0.05, 0.1) is 12.5 Å². The highest BCUT2D eigenvalue weighted by Gasteiger charge is 2.32. The fourth-order valence-corrected chi connectivity index (χ4v) is 3.51. The number of ether oxygens (including phenoxy) is 1. The number of hydrogen-bond donors (Lipinski definition) is 1. The second kappa shape index (κ2) is 8.13. The smallest absolute Gasteiger partial charge is 0.326 e. The number of carbonyl (C=O) groups excluding carboxylic acids is 4. The first-order chi connectivity index (χ1) is 13.0. The van der Waals surface area contributed by atoms with Gasteiger partial charge < -0.3 is 10.1 Å². The van der Waals surface area contributed by atoms with E-state index in [1.807, 2.05) is 24.4 Å². The van der Waals surface area contributed by atoms with Crippen LogP contribution < -0.4 is 5.32 Å². The van der Waals surface area contributed by atoms with Gasteiger partial charge in [0.25, 0.3) is 11.8 Å². The fraction of sp³-hybridized carbons (Fsp3) is 0.263. The molecule has 1 aromatic carbocycles. The number of fused-ring (bicyclic) bond motifs is 1. The third-order valence-corrected chi connectivity index (χ3v) is 5.19. The highest BCUT2D eigenvalue weighted by atomic mass is 32.1. The lowest BCUT2D eigenvalue weighted by Crippen LogP contribution is -2.45. The summed E-state index contributed by atoms with van der Waals surface area (Å²) in [4.78, 5) is 50.3. The van der Waals surface area contributed by atoms with Crippen molar-refractivity contribution < 1.29 is 23.9 Å². The first-order valence-corrected chi connectivity index (χ1v) is 9.24. The van der Waals surface area contributed by atoms with Crippen molar-refractivity contribution in [2.24, 2.45) is 0 Å². The third-order valence-electron chi connectivity index (χ3n) is 4.13. The van der Waals surface area contributed by atoms with Gasteiger partial charge in [0, 0.05) is 10.4 Å². The van der Waals surface area contributed by atoms with Gasteiger partial charge in [-0.3, -0.25) is 24.1 Å². The number of thiophene rings is 1. The van der Waals surface area contributed by atoms with Crippen molar-refractivity contribution >= 4 is 35.0 Å². The maximum absolute atomic E-state index is 12.4. The van der Waals surface area contributed by atoms with Gasteiger partial charge in [-0.25, -0.2) is 0 Å². The summed E-state index contributed by atoms with van der Waals surface area (Å²) in [5, 5.41) is 4.62. The van der Waals surface area contributed by atoms with Crippen LogP contribution in [0.1, 0.15) is 33.8 Å². The van der Waals surface area contributed by atoms with E-state index in [0.717, 1.165) is 9.78 Å². The Morgan fingerprint density at radius 1 is 1.22 bits per heavy atom. The molecule has 27 heavy (non-hydrogen) atoms. The topological polar surface area (TPSA) is 92.8 Å². The van der Waals surface area contributed by atoms with Gasteiger partial charge in [-0.15, -0.1) is 11.3 Å². The van der Waals surface area contributed by atoms with E-state index in [1.165, 1.54) is 11.3 Å². The zero-order valence-electron chi connectivity index (χ0n) is 14.6. The summed E-state index contributed by atoms with van der Waals surface area (Å²) in [5.41, 5.74) is 1.03. The van der Waals surface area contributed by atoms with E-state index >= 15 is 0 Å². The number of hydrogen-bond acceptors (Lipinski definition) is 6. The highest BCUT2D eigenvalue weighted by Crippen LogP contribution is 2.20. The maximum atomic E-state index is 12.4. The van der Waals surface area contributed by atoms with Gasteiger partial charge in [0.2, 0.25) is 5.91 Å². The predicted octanol–water partition coefficient (Wildman–Crippen LogP) is 1.69. The van der Waals surface area contributed by atoms with E-state index in [1.54, 1.807) is 24.3 Å². The molecule has 0 unspecified atom stereocenters. The summed E-state index contributed by atoms with van der Waals surface area (Å²) >= 11 is 1.51. The quantitative estimate of drug-likeness (QED) is 0.602. The Morgan fingerprint density at radius 2 is 2.00 bits per heavy atom. The Bertz CT molecular complexity index is 878. The van der Waals surface area contributed by atoms with Crippen LogP contribution >= 0.6 is 11.3 Å². The number of amides is 3. The summed E-state index contributed by atoms with van der Waals surface area (Å²) < 4.78 is 4.92. The van der Waals surface area contributed by atoms with Crippen LogP contribution in [0.3, 0.4) is 0 Å². The first kappa shape index (κ1) is 18.8. The van der Waals surface area contributed by atoms with E-state index in [2.05, 4.69) is 5.32 Å². The molecule has 7 nitrogen and oxygen atoms in total. The van der Waals surface area contributed by atoms with E-state index in [9.17, 15) is 19.2 Å². The Balaban J connectivity index is 1.51. The summed E-state index contributed by atoms with van der Waals surface area (Å²) in [6, 6.07) is 10.3. The van der Waals surface area contributed by atoms with Crippen molar-refractivity contribution in [1.29, 1.82) is 0 Å². The van der Waals surface area contributed by atoms with E-state index in [4.69, 9.17) is 4.74 Å². The molecule has 0 aliphatic carbocycles. The first-order valence-electron chi connectivity index (χ1n) is 8.36. The van der Waals surface area contributed by atoms with Gasteiger partial charge in [-0.1, -0.05) is 24.3 Å². The van der Waals surface area contributed by atoms with Crippen molar-refractivity contribution in [3.63, 3.8) is 0 Å². The summed E-state index contributed by atoms with van der Waals surface area (Å²) in [7, 11) is 0. The van der Waals surface area contributed by atoms with Crippen LogP contribution in [0.2, 0.25) is 0 Å². The molecule has 2 heterocycles. The van der Waals surface area contributed by atoms with Gasteiger partial charge in [0.15, 0.2) is 6.61 Å². The number of esters is 1. The molecule has 1 aliphatic heterocycles. The summed E-state index contributed by atoms with van der Waals surface area (Å²) in [6.45, 7) is 0.842. The minimum Gasteiger partial charge on any atom is -0.454 e. The molecule has 0 spiro atoms. The molecule has 3 rings (SSSR count). The van der Waals surface area contributed by atoms with E-state index in [0.29, 0.717) is 11.1 Å². The molecule has 0 bridgehead atoms. The largest absolute Gasteiger partial charge is 0.454 e. The number of nitrogens with one attached hydrogen (secondary N) is 1. The van der Waals surface area contributed by atoms with Crippen LogP contribution in [0.5, 0.6) is 0 Å². The van der Waals surface area contributed by atoms with Crippen molar-refractivity contribution in [3.05, 3.63) is 57.8 Å². The second-order valence-corrected chi connectivity index (χ2v) is 7.06. The maximum Gasteiger partial charge on any atom is 0.326 e. The molecule has 1 atom stereocenters. The third kappa shape index (κ3) is 4.40. The van der Waals surface area contributed by atoms with Gasteiger partial charge >= 0.3 is 5.97 Å². The minimum atomic E-state index is -0.810. The van der Waals surface area contributed by atoms with Gasteiger partial charge in [-0.05, 0) is 30.0 Å². The molecule has 1 N–H and O–H groups in total. The van der Waals surface area contributed by atoms with Crippen molar-refractivity contribution in [3.8, 4) is 0 Å². The van der Waals surface area contributed by atoms with Gasteiger partial charge in [0.1, 0.15) is 6.54 Å². The van der Waals surface area contributed by atoms with E-state index in [-0.39, 0.29) is 12.5 Å². The van der Waals surface area contributed by atoms with Crippen LogP contribution in [0.25, 0.3) is 0 Å². The molecular weight excluding hydrogens is 368 g/mol. The number of rotatable bonds is 6. The van der Waals surface area contributed by atoms with Crippen LogP contribution in [-0.2, 0) is 25.5 Å². The Morgan fingerprint density at radius 3 is 2.74 bits per heavy atom. The van der Waals surface area contributed by atoms with E-state index < -0.39 is 36.8 Å². The number of nitrogens with zero attached hydrogens (tertiary/aromatic N) is 1. The zero-order chi connectivity index (χ0) is 19.4. The molecule has 0 radical (unpaired) electrons. The Kier molecular flexibility index (Phi) is 5.66. The fourth-order valence-electron chi connectivity index (χ4n) is 2.77. The monoisotopic (exact) mass is 386 g/mol. The normalized spacial score (nSPS) is 14.5. The lowest BCUT2D eigenvalue weighted by molar-refractivity contribution is -0.151. The summed E-state index contributed by atoms with van der Waals surface area (Å²) in [5.74, 6) is -2.26. The average Bonchev–Trinajstić information content (AvgIpc) is 3.18. The summed E-state index contributed by atoms with van der Waals surface area (Å²) in [6.07, 6.45) is 0.0496. The van der Waals surface area contributed by atoms with Gasteiger partial charge in [-0.2, -0.15) is 0 Å². The molecule has 1 aliphatic rings. The molecule has 8 heteroatoms. The number of benzene rings is 1.